The molecule has 2 aliphatic heterocycles. The van der Waals surface area contributed by atoms with Crippen molar-refractivity contribution in [2.45, 2.75) is 91.3 Å². The lowest BCUT2D eigenvalue weighted by molar-refractivity contribution is -0.152. The molecule has 41 heavy (non-hydrogen) atoms. The molecule has 5 bridgehead atoms. The Hall–Kier alpha value is -2.25. The summed E-state index contributed by atoms with van der Waals surface area (Å²) in [5.74, 6) is 0.384. The fourth-order valence-electron chi connectivity index (χ4n) is 9.86. The van der Waals surface area contributed by atoms with Crippen molar-refractivity contribution in [3.8, 4) is 0 Å². The predicted molar refractivity (Wildman–Crippen MR) is 156 cm³/mol. The lowest BCUT2D eigenvalue weighted by atomic mass is 9.50. The van der Waals surface area contributed by atoms with Gasteiger partial charge in [-0.1, -0.05) is 58.0 Å². The van der Waals surface area contributed by atoms with E-state index in [1.54, 1.807) is 0 Å². The molecule has 224 valence electrons. The maximum atomic E-state index is 13.5. The molecule has 3 saturated carbocycles. The Morgan fingerprint density at radius 2 is 1.88 bits per heavy atom. The molecular weight excluding hydrogens is 516 g/mol. The van der Waals surface area contributed by atoms with Gasteiger partial charge in [-0.3, -0.25) is 14.9 Å². The zero-order valence-corrected chi connectivity index (χ0v) is 25.2. The fourth-order valence-corrected chi connectivity index (χ4v) is 9.86. The van der Waals surface area contributed by atoms with Crippen molar-refractivity contribution in [2.24, 2.45) is 45.8 Å². The molecule has 5 aliphatic rings. The van der Waals surface area contributed by atoms with Crippen LogP contribution in [0.3, 0.4) is 0 Å². The normalized spacial score (nSPS) is 45.3. The average Bonchev–Trinajstić information content (AvgIpc) is 3.55. The van der Waals surface area contributed by atoms with Gasteiger partial charge in [-0.2, -0.15) is 0 Å². The van der Waals surface area contributed by atoms with E-state index in [2.05, 4.69) is 50.0 Å². The van der Waals surface area contributed by atoms with Gasteiger partial charge in [-0.25, -0.2) is 4.79 Å². The Labute approximate surface area is 244 Å². The number of ketones is 1. The molecular formula is C34H48N2O5. The maximum Gasteiger partial charge on any atom is 0.414 e. The number of aliphatic hydroxyl groups excluding tert-OH is 1. The van der Waals surface area contributed by atoms with Crippen LogP contribution in [0.25, 0.3) is 0 Å². The highest BCUT2D eigenvalue weighted by Gasteiger charge is 2.61. The van der Waals surface area contributed by atoms with Gasteiger partial charge in [0, 0.05) is 36.3 Å². The summed E-state index contributed by atoms with van der Waals surface area (Å²) in [7, 11) is 0. The van der Waals surface area contributed by atoms with Gasteiger partial charge in [-0.15, -0.1) is 0 Å². The van der Waals surface area contributed by atoms with Crippen LogP contribution in [0.1, 0.15) is 78.2 Å². The molecule has 2 amide bonds. The fraction of sp³-hybridized carbons (Fsp3) is 0.735. The number of Topliss-reactive ketones (excluding diaryl/α,β-unsaturated/α-hetero) is 1. The van der Waals surface area contributed by atoms with Gasteiger partial charge in [0.15, 0.2) is 0 Å². The number of hydrogen-bond donors (Lipinski definition) is 2. The minimum atomic E-state index is -0.672. The number of aliphatic hydroxyl groups is 1. The number of imide groups is 1. The molecule has 11 atom stereocenters. The van der Waals surface area contributed by atoms with Crippen LogP contribution in [0.5, 0.6) is 0 Å². The van der Waals surface area contributed by atoms with E-state index in [4.69, 9.17) is 4.74 Å². The summed E-state index contributed by atoms with van der Waals surface area (Å²) < 4.78 is 6.36. The number of piperidine rings is 1. The molecule has 0 radical (unpaired) electrons. The first-order valence-electron chi connectivity index (χ1n) is 15.9. The smallest absolute Gasteiger partial charge is 0.414 e. The third-order valence-corrected chi connectivity index (χ3v) is 12.6. The molecule has 7 heteroatoms. The van der Waals surface area contributed by atoms with Crippen molar-refractivity contribution < 1.29 is 24.2 Å². The van der Waals surface area contributed by atoms with Crippen molar-refractivity contribution in [3.63, 3.8) is 0 Å². The van der Waals surface area contributed by atoms with Crippen molar-refractivity contribution in [1.82, 2.24) is 10.2 Å². The zero-order chi connectivity index (χ0) is 29.2. The molecule has 0 aromatic heterocycles. The Balaban J connectivity index is 1.34. The van der Waals surface area contributed by atoms with Gasteiger partial charge in [-0.05, 0) is 80.2 Å². The van der Waals surface area contributed by atoms with E-state index in [-0.39, 0.29) is 35.0 Å². The number of ether oxygens (including phenoxy) is 1. The number of rotatable bonds is 4. The number of fused-ring (bicyclic) bond motifs is 4. The van der Waals surface area contributed by atoms with E-state index in [9.17, 15) is 19.5 Å². The summed E-state index contributed by atoms with van der Waals surface area (Å²) in [6, 6.07) is 10.2. The highest BCUT2D eigenvalue weighted by atomic mass is 16.6. The van der Waals surface area contributed by atoms with Crippen LogP contribution in [0.2, 0.25) is 0 Å². The summed E-state index contributed by atoms with van der Waals surface area (Å²) in [5.41, 5.74) is -0.0312. The summed E-state index contributed by atoms with van der Waals surface area (Å²) >= 11 is 0. The number of nitrogens with zero attached hydrogens (tertiary/aromatic N) is 1. The van der Waals surface area contributed by atoms with Crippen LogP contribution in [0, 0.1) is 45.8 Å². The van der Waals surface area contributed by atoms with Crippen molar-refractivity contribution in [3.05, 3.63) is 35.9 Å². The third kappa shape index (κ3) is 5.05. The molecule has 1 aromatic carbocycles. The first-order valence-corrected chi connectivity index (χ1v) is 15.9. The van der Waals surface area contributed by atoms with E-state index in [1.165, 1.54) is 0 Å². The van der Waals surface area contributed by atoms with Gasteiger partial charge in [0.1, 0.15) is 11.9 Å². The second-order valence-electron chi connectivity index (χ2n) is 15.1. The molecule has 2 N–H and O–H groups in total. The third-order valence-electron chi connectivity index (χ3n) is 12.6. The van der Waals surface area contributed by atoms with Crippen LogP contribution in [-0.4, -0.2) is 59.6 Å². The Morgan fingerprint density at radius 3 is 2.56 bits per heavy atom. The van der Waals surface area contributed by atoms with Crippen LogP contribution < -0.4 is 5.32 Å². The Bertz CT molecular complexity index is 1190. The molecule has 6 rings (SSSR count). The molecule has 2 heterocycles. The standard InChI is InChI=1S/C34H48N2O5/c1-21-14-25-16-34(12-10-27(25)37)20-33(21,4)28(41-31(40)35-30(39)26-19-36-13-11-24(26)18-36)17-32(3,29(38)22(34)2)15-23-8-6-5-7-9-23/h5-9,21-22,24-26,28-29,38H,10-20H2,1-4H3,(H,35,39,40)/t21-,22+,24-,25?,26+,28-,29+,32-,33+,34?/m1/s1. The van der Waals surface area contributed by atoms with Gasteiger partial charge in [0.05, 0.1) is 12.0 Å². The number of carbonyl (C=O) groups excluding carboxylic acids is 3. The number of carbonyl (C=O) groups is 3. The molecule has 3 unspecified atom stereocenters. The number of nitrogens with one attached hydrogen (secondary N) is 1. The van der Waals surface area contributed by atoms with Gasteiger partial charge < -0.3 is 14.7 Å². The summed E-state index contributed by atoms with van der Waals surface area (Å²) in [6.07, 6.45) is 4.03. The number of amides is 2. The molecule has 1 spiro atoms. The van der Waals surface area contributed by atoms with Crippen molar-refractivity contribution in [1.29, 1.82) is 0 Å². The van der Waals surface area contributed by atoms with Crippen LogP contribution in [0.4, 0.5) is 4.79 Å². The van der Waals surface area contributed by atoms with Gasteiger partial charge >= 0.3 is 6.09 Å². The molecule has 1 aromatic rings. The lowest BCUT2D eigenvalue weighted by Gasteiger charge is -2.56. The second kappa shape index (κ2) is 10.5. The second-order valence-corrected chi connectivity index (χ2v) is 15.1. The Kier molecular flexibility index (Phi) is 7.37. The van der Waals surface area contributed by atoms with E-state index in [1.807, 2.05) is 18.2 Å². The number of hydrogen-bond acceptors (Lipinski definition) is 6. The van der Waals surface area contributed by atoms with Crippen molar-refractivity contribution in [2.75, 3.05) is 19.6 Å². The number of alkyl carbamates (subject to hydrolysis) is 1. The quantitative estimate of drug-likeness (QED) is 0.534. The summed E-state index contributed by atoms with van der Waals surface area (Å²) in [5, 5.41) is 14.8. The van der Waals surface area contributed by atoms with Crippen LogP contribution in [-0.2, 0) is 20.7 Å². The zero-order valence-electron chi connectivity index (χ0n) is 25.2. The van der Waals surface area contributed by atoms with E-state index >= 15 is 0 Å². The van der Waals surface area contributed by atoms with E-state index in [0.29, 0.717) is 37.5 Å². The maximum absolute atomic E-state index is 13.5. The van der Waals surface area contributed by atoms with E-state index < -0.39 is 29.1 Å². The van der Waals surface area contributed by atoms with Crippen LogP contribution >= 0.6 is 0 Å². The van der Waals surface area contributed by atoms with Crippen LogP contribution in [0.15, 0.2) is 30.3 Å². The van der Waals surface area contributed by atoms with Gasteiger partial charge in [0.25, 0.3) is 0 Å². The topological polar surface area (TPSA) is 95.9 Å². The minimum absolute atomic E-state index is 0.000538. The predicted octanol–water partition coefficient (Wildman–Crippen LogP) is 5.00. The first-order chi connectivity index (χ1) is 19.4. The Morgan fingerprint density at radius 1 is 1.12 bits per heavy atom. The monoisotopic (exact) mass is 564 g/mol. The van der Waals surface area contributed by atoms with Gasteiger partial charge in [0.2, 0.25) is 5.91 Å². The largest absolute Gasteiger partial charge is 0.445 e. The van der Waals surface area contributed by atoms with E-state index in [0.717, 1.165) is 50.8 Å². The SMILES string of the molecule is C[C@@H]1CC2CC3(CCC2=O)C[C@]1(C)[C@H](OC(=O)NC(=O)[C@H]1CN2CC[C@@H]1C2)C[C@@](C)(Cc1ccccc1)[C@@H](O)[C@@H]3C. The average molecular weight is 565 g/mol. The molecule has 5 fully saturated rings. The summed E-state index contributed by atoms with van der Waals surface area (Å²) in [6.45, 7) is 11.4. The lowest BCUT2D eigenvalue weighted by Crippen LogP contribution is -2.57. The first kappa shape index (κ1) is 28.9. The highest BCUT2D eigenvalue weighted by Crippen LogP contribution is 2.63. The number of benzene rings is 1. The molecule has 3 aliphatic carbocycles. The van der Waals surface area contributed by atoms with Crippen molar-refractivity contribution >= 4 is 17.8 Å². The minimum Gasteiger partial charge on any atom is -0.445 e. The molecule has 7 nitrogen and oxygen atoms in total. The highest BCUT2D eigenvalue weighted by molar-refractivity contribution is 5.93. The summed E-state index contributed by atoms with van der Waals surface area (Å²) in [4.78, 5) is 42.0. The molecule has 2 saturated heterocycles.